The fourth-order valence-corrected chi connectivity index (χ4v) is 3.27. The fraction of sp³-hybridized carbons (Fsp3) is 0.435. The number of carbonyl (C=O) groups is 1. The molecule has 1 N–H and O–H groups in total. The zero-order chi connectivity index (χ0) is 21.4. The molecule has 1 atom stereocenters. The number of ether oxygens (including phenoxy) is 3. The predicted molar refractivity (Wildman–Crippen MR) is 115 cm³/mol. The van der Waals surface area contributed by atoms with Gasteiger partial charge in [0.15, 0.2) is 11.5 Å². The quantitative estimate of drug-likeness (QED) is 0.664. The van der Waals surface area contributed by atoms with Gasteiger partial charge in [-0.1, -0.05) is 31.2 Å². The molecule has 0 bridgehead atoms. The first kappa shape index (κ1) is 22.6. The van der Waals surface area contributed by atoms with Crippen molar-refractivity contribution in [2.45, 2.75) is 25.8 Å². The summed E-state index contributed by atoms with van der Waals surface area (Å²) in [6.45, 7) is 2.67. The van der Waals surface area contributed by atoms with E-state index < -0.39 is 0 Å². The van der Waals surface area contributed by atoms with Gasteiger partial charge in [-0.05, 0) is 49.3 Å². The third-order valence-electron chi connectivity index (χ3n) is 4.98. The molecule has 0 fully saturated rings. The van der Waals surface area contributed by atoms with Gasteiger partial charge in [-0.2, -0.15) is 0 Å². The van der Waals surface area contributed by atoms with Crippen LogP contribution in [0.4, 0.5) is 0 Å². The number of benzene rings is 2. The van der Waals surface area contributed by atoms with E-state index in [0.717, 1.165) is 12.0 Å². The third kappa shape index (κ3) is 5.87. The van der Waals surface area contributed by atoms with E-state index in [1.165, 1.54) is 11.1 Å². The summed E-state index contributed by atoms with van der Waals surface area (Å²) in [7, 11) is 8.72. The Morgan fingerprint density at radius 2 is 1.55 bits per heavy atom. The number of likely N-dealkylation sites (N-methyl/N-ethyl adjacent to an activating group) is 1. The Morgan fingerprint density at radius 1 is 0.966 bits per heavy atom. The van der Waals surface area contributed by atoms with Gasteiger partial charge in [-0.25, -0.2) is 0 Å². The Bertz CT molecular complexity index is 778. The van der Waals surface area contributed by atoms with E-state index in [9.17, 15) is 4.79 Å². The van der Waals surface area contributed by atoms with Gasteiger partial charge in [0.1, 0.15) is 0 Å². The number of nitrogens with zero attached hydrogens (tertiary/aromatic N) is 1. The Hall–Kier alpha value is -2.73. The lowest BCUT2D eigenvalue weighted by atomic mass is 10.0. The second-order valence-electron chi connectivity index (χ2n) is 7.09. The molecule has 0 unspecified atom stereocenters. The van der Waals surface area contributed by atoms with Crippen molar-refractivity contribution in [3.05, 3.63) is 53.1 Å². The SMILES string of the molecule is CCc1ccc([C@@H](CNC(=O)Cc2cc(OC)c(OC)c(OC)c2)N(C)C)cc1. The van der Waals surface area contributed by atoms with Gasteiger partial charge in [-0.15, -0.1) is 0 Å². The van der Waals surface area contributed by atoms with Crippen LogP contribution in [-0.2, 0) is 17.6 Å². The van der Waals surface area contributed by atoms with Crippen molar-refractivity contribution in [2.24, 2.45) is 0 Å². The van der Waals surface area contributed by atoms with Crippen LogP contribution in [-0.4, -0.2) is 52.8 Å². The van der Waals surface area contributed by atoms with Crippen LogP contribution in [0.2, 0.25) is 0 Å². The monoisotopic (exact) mass is 400 g/mol. The standard InChI is InChI=1S/C23H32N2O4/c1-7-16-8-10-18(11-9-16)19(25(2)3)15-24-22(26)14-17-12-20(27-4)23(29-6)21(13-17)28-5/h8-13,19H,7,14-15H2,1-6H3,(H,24,26)/t19-/m1/s1. The molecule has 0 aliphatic rings. The summed E-state index contributed by atoms with van der Waals surface area (Å²) in [5.74, 6) is 1.53. The first-order valence-corrected chi connectivity index (χ1v) is 9.74. The van der Waals surface area contributed by atoms with Crippen molar-refractivity contribution in [3.63, 3.8) is 0 Å². The number of nitrogens with one attached hydrogen (secondary N) is 1. The summed E-state index contributed by atoms with van der Waals surface area (Å²) in [4.78, 5) is 14.7. The summed E-state index contributed by atoms with van der Waals surface area (Å²) in [5, 5.41) is 3.05. The second kappa shape index (κ2) is 10.7. The van der Waals surface area contributed by atoms with Gasteiger partial charge in [0.2, 0.25) is 11.7 Å². The second-order valence-corrected chi connectivity index (χ2v) is 7.09. The van der Waals surface area contributed by atoms with Crippen molar-refractivity contribution in [1.82, 2.24) is 10.2 Å². The van der Waals surface area contributed by atoms with E-state index in [4.69, 9.17) is 14.2 Å². The molecule has 0 aliphatic carbocycles. The summed E-state index contributed by atoms with van der Waals surface area (Å²) < 4.78 is 16.1. The minimum Gasteiger partial charge on any atom is -0.493 e. The van der Waals surface area contributed by atoms with Gasteiger partial charge >= 0.3 is 0 Å². The summed E-state index contributed by atoms with van der Waals surface area (Å²) in [6.07, 6.45) is 1.24. The zero-order valence-electron chi connectivity index (χ0n) is 18.2. The molecule has 0 spiro atoms. The van der Waals surface area contributed by atoms with Gasteiger partial charge in [0, 0.05) is 6.54 Å². The van der Waals surface area contributed by atoms with Crippen LogP contribution in [0, 0.1) is 0 Å². The lowest BCUT2D eigenvalue weighted by Gasteiger charge is -2.25. The number of hydrogen-bond donors (Lipinski definition) is 1. The Labute approximate surface area is 173 Å². The lowest BCUT2D eigenvalue weighted by Crippen LogP contribution is -2.35. The molecule has 0 aromatic heterocycles. The zero-order valence-corrected chi connectivity index (χ0v) is 18.2. The van der Waals surface area contributed by atoms with Gasteiger partial charge in [0.25, 0.3) is 0 Å². The van der Waals surface area contributed by atoms with E-state index in [1.807, 2.05) is 14.1 Å². The van der Waals surface area contributed by atoms with Crippen LogP contribution in [0.5, 0.6) is 17.2 Å². The predicted octanol–water partition coefficient (Wildman–Crippen LogP) is 3.24. The number of hydrogen-bond acceptors (Lipinski definition) is 5. The maximum atomic E-state index is 12.6. The Morgan fingerprint density at radius 3 is 2.00 bits per heavy atom. The minimum absolute atomic E-state index is 0.0590. The highest BCUT2D eigenvalue weighted by Crippen LogP contribution is 2.38. The molecule has 0 saturated carbocycles. The molecular weight excluding hydrogens is 368 g/mol. The summed E-state index contributed by atoms with van der Waals surface area (Å²) in [5.41, 5.74) is 3.28. The molecule has 2 aromatic carbocycles. The maximum Gasteiger partial charge on any atom is 0.224 e. The minimum atomic E-state index is -0.0590. The normalized spacial score (nSPS) is 11.8. The molecule has 0 radical (unpaired) electrons. The average molecular weight is 401 g/mol. The molecule has 6 nitrogen and oxygen atoms in total. The highest BCUT2D eigenvalue weighted by atomic mass is 16.5. The maximum absolute atomic E-state index is 12.6. The van der Waals surface area contributed by atoms with Crippen molar-refractivity contribution in [1.29, 1.82) is 0 Å². The largest absolute Gasteiger partial charge is 0.493 e. The molecule has 29 heavy (non-hydrogen) atoms. The van der Waals surface area contributed by atoms with Crippen molar-refractivity contribution in [2.75, 3.05) is 42.0 Å². The number of aryl methyl sites for hydroxylation is 1. The third-order valence-corrected chi connectivity index (χ3v) is 4.98. The number of rotatable bonds is 10. The van der Waals surface area contributed by atoms with Gasteiger partial charge in [0.05, 0.1) is 33.8 Å². The van der Waals surface area contributed by atoms with E-state index in [-0.39, 0.29) is 18.4 Å². The Balaban J connectivity index is 2.07. The first-order chi connectivity index (χ1) is 13.9. The summed E-state index contributed by atoms with van der Waals surface area (Å²) in [6, 6.07) is 12.3. The van der Waals surface area contributed by atoms with Crippen molar-refractivity contribution < 1.29 is 19.0 Å². The van der Waals surface area contributed by atoms with Gasteiger partial charge < -0.3 is 24.4 Å². The molecule has 2 rings (SSSR count). The van der Waals surface area contributed by atoms with E-state index in [1.54, 1.807) is 33.5 Å². The van der Waals surface area contributed by atoms with Crippen LogP contribution in [0.25, 0.3) is 0 Å². The van der Waals surface area contributed by atoms with E-state index in [2.05, 4.69) is 41.4 Å². The molecule has 0 aliphatic heterocycles. The molecule has 2 aromatic rings. The van der Waals surface area contributed by atoms with Crippen LogP contribution in [0.1, 0.15) is 29.7 Å². The highest BCUT2D eigenvalue weighted by molar-refractivity contribution is 5.79. The highest BCUT2D eigenvalue weighted by Gasteiger charge is 2.17. The smallest absolute Gasteiger partial charge is 0.224 e. The van der Waals surface area contributed by atoms with Crippen molar-refractivity contribution >= 4 is 5.91 Å². The van der Waals surface area contributed by atoms with Gasteiger partial charge in [-0.3, -0.25) is 4.79 Å². The average Bonchev–Trinajstić information content (AvgIpc) is 2.73. The van der Waals surface area contributed by atoms with E-state index in [0.29, 0.717) is 23.8 Å². The number of amides is 1. The number of carbonyl (C=O) groups excluding carboxylic acids is 1. The summed E-state index contributed by atoms with van der Waals surface area (Å²) >= 11 is 0. The molecule has 1 amide bonds. The topological polar surface area (TPSA) is 60.0 Å². The Kier molecular flexibility index (Phi) is 8.34. The van der Waals surface area contributed by atoms with Crippen LogP contribution in [0.15, 0.2) is 36.4 Å². The molecule has 158 valence electrons. The molecular formula is C23H32N2O4. The first-order valence-electron chi connectivity index (χ1n) is 9.74. The van der Waals surface area contributed by atoms with Crippen LogP contribution >= 0.6 is 0 Å². The molecule has 0 heterocycles. The van der Waals surface area contributed by atoms with Crippen LogP contribution in [0.3, 0.4) is 0 Å². The lowest BCUT2D eigenvalue weighted by molar-refractivity contribution is -0.120. The fourth-order valence-electron chi connectivity index (χ4n) is 3.27. The van der Waals surface area contributed by atoms with Crippen LogP contribution < -0.4 is 19.5 Å². The van der Waals surface area contributed by atoms with Crippen molar-refractivity contribution in [3.8, 4) is 17.2 Å². The molecule has 0 saturated heterocycles. The van der Waals surface area contributed by atoms with E-state index >= 15 is 0 Å². The molecule has 6 heteroatoms. The number of methoxy groups -OCH3 is 3.